The molecule has 23 heavy (non-hydrogen) atoms. The Bertz CT molecular complexity index is 688. The van der Waals surface area contributed by atoms with Crippen molar-refractivity contribution >= 4 is 28.7 Å². The Morgan fingerprint density at radius 2 is 2.43 bits per heavy atom. The maximum atomic E-state index is 12.4. The second kappa shape index (κ2) is 7.33. The van der Waals surface area contributed by atoms with E-state index in [9.17, 15) is 9.90 Å². The van der Waals surface area contributed by atoms with Crippen LogP contribution < -0.4 is 0 Å². The number of aliphatic hydroxyl groups is 1. The number of benzene rings is 1. The summed E-state index contributed by atoms with van der Waals surface area (Å²) in [5.41, 5.74) is 3.07. The number of rotatable bonds is 4. The first-order valence-electron chi connectivity index (χ1n) is 7.71. The van der Waals surface area contributed by atoms with Crippen LogP contribution in [0.3, 0.4) is 0 Å². The number of nitrogens with one attached hydrogen (secondary N) is 1. The molecule has 1 aliphatic heterocycles. The Labute approximate surface area is 139 Å². The summed E-state index contributed by atoms with van der Waals surface area (Å²) in [6.07, 6.45) is 0. The zero-order valence-corrected chi connectivity index (χ0v) is 13.9. The number of imidazole rings is 1. The van der Waals surface area contributed by atoms with Crippen molar-refractivity contribution in [1.82, 2.24) is 14.9 Å². The highest BCUT2D eigenvalue weighted by atomic mass is 32.2. The Kier molecular flexibility index (Phi) is 5.20. The van der Waals surface area contributed by atoms with Crippen molar-refractivity contribution in [3.8, 4) is 0 Å². The molecule has 3 rings (SSSR count). The quantitative estimate of drug-likeness (QED) is 0.827. The van der Waals surface area contributed by atoms with E-state index in [0.29, 0.717) is 32.1 Å². The monoisotopic (exact) mass is 335 g/mol. The van der Waals surface area contributed by atoms with Crippen molar-refractivity contribution in [2.45, 2.75) is 12.1 Å². The van der Waals surface area contributed by atoms with Gasteiger partial charge in [-0.05, 0) is 24.6 Å². The Balaban J connectivity index is 1.60. The molecule has 0 aliphatic carbocycles. The number of thioether (sulfide) groups is 1. The minimum Gasteiger partial charge on any atom is -0.396 e. The van der Waals surface area contributed by atoms with Crippen LogP contribution in [-0.4, -0.2) is 64.5 Å². The fraction of sp³-hybridized carbons (Fsp3) is 0.500. The van der Waals surface area contributed by atoms with Gasteiger partial charge < -0.3 is 19.7 Å². The van der Waals surface area contributed by atoms with Gasteiger partial charge in [-0.15, -0.1) is 0 Å². The third-order valence-corrected chi connectivity index (χ3v) is 4.75. The highest BCUT2D eigenvalue weighted by Crippen LogP contribution is 2.21. The summed E-state index contributed by atoms with van der Waals surface area (Å²) in [4.78, 5) is 21.9. The first-order valence-corrected chi connectivity index (χ1v) is 8.70. The first kappa shape index (κ1) is 16.3. The van der Waals surface area contributed by atoms with Crippen molar-refractivity contribution in [1.29, 1.82) is 0 Å². The zero-order valence-electron chi connectivity index (χ0n) is 13.1. The van der Waals surface area contributed by atoms with Gasteiger partial charge in [0.2, 0.25) is 5.91 Å². The molecule has 0 bridgehead atoms. The van der Waals surface area contributed by atoms with E-state index >= 15 is 0 Å². The number of hydrogen-bond donors (Lipinski definition) is 2. The van der Waals surface area contributed by atoms with Crippen LogP contribution in [0.15, 0.2) is 23.4 Å². The highest BCUT2D eigenvalue weighted by molar-refractivity contribution is 7.99. The lowest BCUT2D eigenvalue weighted by Gasteiger charge is -2.22. The topological polar surface area (TPSA) is 78.5 Å². The van der Waals surface area contributed by atoms with E-state index in [1.165, 1.54) is 17.3 Å². The number of carbonyl (C=O) groups is 1. The largest absolute Gasteiger partial charge is 0.396 e. The van der Waals surface area contributed by atoms with Crippen LogP contribution in [0.1, 0.15) is 5.56 Å². The number of carbonyl (C=O) groups excluding carboxylic acids is 1. The van der Waals surface area contributed by atoms with Crippen LogP contribution in [0, 0.1) is 12.8 Å². The fourth-order valence-electron chi connectivity index (χ4n) is 2.61. The van der Waals surface area contributed by atoms with E-state index in [2.05, 4.69) is 9.97 Å². The number of aryl methyl sites for hydroxylation is 1. The molecular weight excluding hydrogens is 314 g/mol. The molecule has 2 heterocycles. The molecule has 1 fully saturated rings. The van der Waals surface area contributed by atoms with Crippen molar-refractivity contribution in [3.05, 3.63) is 23.8 Å². The summed E-state index contributed by atoms with van der Waals surface area (Å²) in [6.45, 7) is 4.24. The maximum Gasteiger partial charge on any atom is 0.233 e. The lowest BCUT2D eigenvalue weighted by atomic mass is 10.1. The van der Waals surface area contributed by atoms with Crippen molar-refractivity contribution < 1.29 is 14.6 Å². The molecule has 1 amide bonds. The standard InChI is InChI=1S/C16H21N3O3S/c1-11-2-3-13-14(6-11)18-16(17-13)23-10-15(21)19-4-5-22-9-12(7-19)8-20/h2-3,6,12,20H,4-5,7-10H2,1H3,(H,17,18)/t12-/m0/s1. The van der Waals surface area contributed by atoms with E-state index in [0.717, 1.165) is 16.2 Å². The predicted molar refractivity (Wildman–Crippen MR) is 89.5 cm³/mol. The number of aliphatic hydroxyl groups excluding tert-OH is 1. The Morgan fingerprint density at radius 3 is 3.26 bits per heavy atom. The van der Waals surface area contributed by atoms with Gasteiger partial charge >= 0.3 is 0 Å². The second-order valence-electron chi connectivity index (χ2n) is 5.81. The van der Waals surface area contributed by atoms with Crippen LogP contribution in [0.25, 0.3) is 11.0 Å². The fourth-order valence-corrected chi connectivity index (χ4v) is 3.39. The van der Waals surface area contributed by atoms with Gasteiger partial charge in [-0.3, -0.25) is 4.79 Å². The summed E-state index contributed by atoms with van der Waals surface area (Å²) in [5, 5.41) is 10.0. The maximum absolute atomic E-state index is 12.4. The molecule has 0 saturated carbocycles. The Hall–Kier alpha value is -1.57. The molecule has 7 heteroatoms. The van der Waals surface area contributed by atoms with Crippen molar-refractivity contribution in [2.24, 2.45) is 5.92 Å². The molecule has 1 aliphatic rings. The number of amides is 1. The molecule has 2 aromatic rings. The van der Waals surface area contributed by atoms with Gasteiger partial charge in [0, 0.05) is 25.6 Å². The van der Waals surface area contributed by atoms with Crippen LogP contribution in [0.2, 0.25) is 0 Å². The molecule has 1 saturated heterocycles. The second-order valence-corrected chi connectivity index (χ2v) is 6.78. The number of fused-ring (bicyclic) bond motifs is 1. The minimum atomic E-state index is 0.000580. The predicted octanol–water partition coefficient (Wildman–Crippen LogP) is 1.43. The van der Waals surface area contributed by atoms with Gasteiger partial charge in [-0.25, -0.2) is 4.98 Å². The first-order chi connectivity index (χ1) is 11.2. The summed E-state index contributed by atoms with van der Waals surface area (Å²) < 4.78 is 5.41. The SMILES string of the molecule is Cc1ccc2nc(SCC(=O)N3CCOC[C@H](CO)C3)[nH]c2c1. The van der Waals surface area contributed by atoms with Gasteiger partial charge in [0.15, 0.2) is 5.16 Å². The van der Waals surface area contributed by atoms with E-state index in [-0.39, 0.29) is 18.4 Å². The third kappa shape index (κ3) is 4.04. The minimum absolute atomic E-state index is 0.000580. The normalized spacial score (nSPS) is 19.0. The number of aromatic amines is 1. The molecule has 1 aromatic carbocycles. The van der Waals surface area contributed by atoms with Gasteiger partial charge in [-0.1, -0.05) is 17.8 Å². The summed E-state index contributed by atoms with van der Waals surface area (Å²) in [7, 11) is 0. The number of hydrogen-bond acceptors (Lipinski definition) is 5. The summed E-state index contributed by atoms with van der Waals surface area (Å²) in [6, 6.07) is 6.05. The lowest BCUT2D eigenvalue weighted by molar-refractivity contribution is -0.128. The van der Waals surface area contributed by atoms with Gasteiger partial charge in [0.1, 0.15) is 0 Å². The van der Waals surface area contributed by atoms with Crippen LogP contribution >= 0.6 is 11.8 Å². The van der Waals surface area contributed by atoms with Crippen LogP contribution in [0.4, 0.5) is 0 Å². The average molecular weight is 335 g/mol. The van der Waals surface area contributed by atoms with E-state index in [1.54, 1.807) is 4.90 Å². The van der Waals surface area contributed by atoms with Gasteiger partial charge in [-0.2, -0.15) is 0 Å². The highest BCUT2D eigenvalue weighted by Gasteiger charge is 2.22. The van der Waals surface area contributed by atoms with Crippen molar-refractivity contribution in [3.63, 3.8) is 0 Å². The van der Waals surface area contributed by atoms with Gasteiger partial charge in [0.25, 0.3) is 0 Å². The molecule has 0 radical (unpaired) electrons. The molecule has 0 unspecified atom stereocenters. The van der Waals surface area contributed by atoms with Crippen molar-refractivity contribution in [2.75, 3.05) is 38.7 Å². The number of aromatic nitrogens is 2. The molecular formula is C16H21N3O3S. The smallest absolute Gasteiger partial charge is 0.233 e. The van der Waals surface area contributed by atoms with E-state index < -0.39 is 0 Å². The molecule has 1 atom stereocenters. The van der Waals surface area contributed by atoms with E-state index in [1.807, 2.05) is 25.1 Å². The Morgan fingerprint density at radius 1 is 1.57 bits per heavy atom. The average Bonchev–Trinajstić information content (AvgIpc) is 2.79. The zero-order chi connectivity index (χ0) is 16.2. The molecule has 1 aromatic heterocycles. The number of nitrogens with zero attached hydrogens (tertiary/aromatic N) is 2. The summed E-state index contributed by atoms with van der Waals surface area (Å²) in [5.74, 6) is 0.382. The molecule has 2 N–H and O–H groups in total. The third-order valence-electron chi connectivity index (χ3n) is 3.90. The number of H-pyrrole nitrogens is 1. The summed E-state index contributed by atoms with van der Waals surface area (Å²) >= 11 is 1.41. The molecule has 0 spiro atoms. The van der Waals surface area contributed by atoms with Gasteiger partial charge in [0.05, 0.1) is 30.0 Å². The molecule has 124 valence electrons. The lowest BCUT2D eigenvalue weighted by Crippen LogP contribution is -2.37. The van der Waals surface area contributed by atoms with E-state index in [4.69, 9.17) is 4.74 Å². The van der Waals surface area contributed by atoms with Crippen LogP contribution in [0.5, 0.6) is 0 Å². The molecule has 6 nitrogen and oxygen atoms in total. The number of ether oxygens (including phenoxy) is 1. The van der Waals surface area contributed by atoms with Crippen LogP contribution in [-0.2, 0) is 9.53 Å².